The Hall–Kier alpha value is -1.78. The van der Waals surface area contributed by atoms with Crippen LogP contribution in [0.3, 0.4) is 0 Å². The first-order valence-electron chi connectivity index (χ1n) is 6.13. The fourth-order valence-corrected chi connectivity index (χ4v) is 1.90. The fraction of sp³-hybridized carbons (Fsp3) is 0.286. The Bertz CT molecular complexity index is 444. The predicted octanol–water partition coefficient (Wildman–Crippen LogP) is 1.48. The Morgan fingerprint density at radius 1 is 1.17 bits per heavy atom. The highest BCUT2D eigenvalue weighted by Gasteiger charge is 2.08. The van der Waals surface area contributed by atoms with Crippen LogP contribution in [0.5, 0.6) is 0 Å². The maximum absolute atomic E-state index is 5.59. The minimum atomic E-state index is 0.236. The molecule has 94 valence electrons. The van der Waals surface area contributed by atoms with Crippen LogP contribution in [0.15, 0.2) is 48.9 Å². The van der Waals surface area contributed by atoms with Gasteiger partial charge in [-0.05, 0) is 36.6 Å². The molecule has 2 heterocycles. The molecule has 1 unspecified atom stereocenters. The summed E-state index contributed by atoms with van der Waals surface area (Å²) in [7, 11) is 0. The molecule has 0 aromatic carbocycles. The number of nitrogens with one attached hydrogen (secondary N) is 1. The monoisotopic (exact) mass is 242 g/mol. The maximum Gasteiger partial charge on any atom is 0.0419 e. The van der Waals surface area contributed by atoms with Crippen LogP contribution in [0.2, 0.25) is 0 Å². The van der Waals surface area contributed by atoms with Crippen molar-refractivity contribution in [1.82, 2.24) is 15.4 Å². The second-order valence-corrected chi connectivity index (χ2v) is 4.29. The average Bonchev–Trinajstić information content (AvgIpc) is 2.45. The van der Waals surface area contributed by atoms with Crippen molar-refractivity contribution in [3.05, 3.63) is 60.2 Å². The van der Waals surface area contributed by atoms with Gasteiger partial charge in [0.25, 0.3) is 0 Å². The molecule has 3 N–H and O–H groups in total. The van der Waals surface area contributed by atoms with Gasteiger partial charge in [-0.25, -0.2) is 0 Å². The van der Waals surface area contributed by atoms with Crippen molar-refractivity contribution in [3.8, 4) is 0 Å². The third-order valence-electron chi connectivity index (χ3n) is 2.92. The zero-order valence-electron chi connectivity index (χ0n) is 10.3. The van der Waals surface area contributed by atoms with Gasteiger partial charge in [0.05, 0.1) is 0 Å². The van der Waals surface area contributed by atoms with Gasteiger partial charge in [0.1, 0.15) is 0 Å². The maximum atomic E-state index is 5.59. The first kappa shape index (κ1) is 12.7. The van der Waals surface area contributed by atoms with Gasteiger partial charge in [0.2, 0.25) is 0 Å². The topological polar surface area (TPSA) is 63.8 Å². The molecule has 0 saturated heterocycles. The van der Waals surface area contributed by atoms with Crippen molar-refractivity contribution in [2.45, 2.75) is 25.3 Å². The van der Waals surface area contributed by atoms with E-state index in [9.17, 15) is 0 Å². The van der Waals surface area contributed by atoms with Crippen molar-refractivity contribution in [2.75, 3.05) is 0 Å². The van der Waals surface area contributed by atoms with Gasteiger partial charge in [-0.3, -0.25) is 21.2 Å². The van der Waals surface area contributed by atoms with Gasteiger partial charge in [-0.15, -0.1) is 0 Å². The zero-order valence-corrected chi connectivity index (χ0v) is 10.3. The molecule has 0 bridgehead atoms. The molecule has 18 heavy (non-hydrogen) atoms. The summed E-state index contributed by atoms with van der Waals surface area (Å²) in [6, 6.07) is 10.2. The molecule has 0 aliphatic heterocycles. The van der Waals surface area contributed by atoms with E-state index in [0.717, 1.165) is 25.0 Å². The number of aryl methyl sites for hydroxylation is 1. The number of pyridine rings is 2. The average molecular weight is 242 g/mol. The van der Waals surface area contributed by atoms with Gasteiger partial charge in [0, 0.05) is 36.7 Å². The summed E-state index contributed by atoms with van der Waals surface area (Å²) in [4.78, 5) is 8.42. The van der Waals surface area contributed by atoms with Crippen LogP contribution in [0, 0.1) is 0 Å². The minimum Gasteiger partial charge on any atom is -0.271 e. The standard InChI is InChI=1S/C14H18N4/c15-18-14(10-13-5-1-2-9-17-13)7-6-12-4-3-8-16-11-12/h1-5,8-9,11,14,18H,6-7,10,15H2. The summed E-state index contributed by atoms with van der Waals surface area (Å²) in [5.74, 6) is 5.59. The van der Waals surface area contributed by atoms with E-state index in [-0.39, 0.29) is 6.04 Å². The first-order chi connectivity index (χ1) is 8.88. The third-order valence-corrected chi connectivity index (χ3v) is 2.92. The number of nitrogens with zero attached hydrogens (tertiary/aromatic N) is 2. The molecule has 4 heteroatoms. The number of nitrogens with two attached hydrogens (primary N) is 1. The Morgan fingerprint density at radius 3 is 2.78 bits per heavy atom. The van der Waals surface area contributed by atoms with E-state index in [2.05, 4.69) is 21.5 Å². The molecule has 0 aliphatic carbocycles. The molecule has 0 spiro atoms. The van der Waals surface area contributed by atoms with E-state index < -0.39 is 0 Å². The highest BCUT2D eigenvalue weighted by atomic mass is 15.2. The van der Waals surface area contributed by atoms with Crippen LogP contribution in [0.4, 0.5) is 0 Å². The number of rotatable bonds is 6. The van der Waals surface area contributed by atoms with Crippen molar-refractivity contribution < 1.29 is 0 Å². The summed E-state index contributed by atoms with van der Waals surface area (Å²) < 4.78 is 0. The lowest BCUT2D eigenvalue weighted by atomic mass is 10.0. The summed E-state index contributed by atoms with van der Waals surface area (Å²) in [5.41, 5.74) is 5.16. The van der Waals surface area contributed by atoms with E-state index in [4.69, 9.17) is 5.84 Å². The lowest BCUT2D eigenvalue weighted by molar-refractivity contribution is 0.487. The molecular weight excluding hydrogens is 224 g/mol. The number of hydrogen-bond acceptors (Lipinski definition) is 4. The quantitative estimate of drug-likeness (QED) is 0.595. The molecule has 4 nitrogen and oxygen atoms in total. The number of hydrogen-bond donors (Lipinski definition) is 2. The Morgan fingerprint density at radius 2 is 2.11 bits per heavy atom. The highest BCUT2D eigenvalue weighted by molar-refractivity contribution is 5.09. The summed E-state index contributed by atoms with van der Waals surface area (Å²) in [6.07, 6.45) is 8.28. The van der Waals surface area contributed by atoms with Crippen molar-refractivity contribution >= 4 is 0 Å². The van der Waals surface area contributed by atoms with E-state index >= 15 is 0 Å². The molecule has 2 rings (SSSR count). The molecule has 0 fully saturated rings. The van der Waals surface area contributed by atoms with Gasteiger partial charge >= 0.3 is 0 Å². The third kappa shape index (κ3) is 3.91. The first-order valence-corrected chi connectivity index (χ1v) is 6.13. The minimum absolute atomic E-state index is 0.236. The zero-order chi connectivity index (χ0) is 12.6. The summed E-state index contributed by atoms with van der Waals surface area (Å²) >= 11 is 0. The fourth-order valence-electron chi connectivity index (χ4n) is 1.90. The van der Waals surface area contributed by atoms with Crippen LogP contribution >= 0.6 is 0 Å². The van der Waals surface area contributed by atoms with E-state index in [1.54, 1.807) is 6.20 Å². The highest BCUT2D eigenvalue weighted by Crippen LogP contribution is 2.07. The van der Waals surface area contributed by atoms with Crippen LogP contribution in [0.1, 0.15) is 17.7 Å². The number of aromatic nitrogens is 2. The van der Waals surface area contributed by atoms with Crippen LogP contribution in [-0.4, -0.2) is 16.0 Å². The predicted molar refractivity (Wildman–Crippen MR) is 71.6 cm³/mol. The van der Waals surface area contributed by atoms with E-state index in [1.807, 2.05) is 36.7 Å². The molecule has 0 aliphatic rings. The molecular formula is C14H18N4. The van der Waals surface area contributed by atoms with Crippen LogP contribution in [0.25, 0.3) is 0 Å². The van der Waals surface area contributed by atoms with Crippen LogP contribution in [-0.2, 0) is 12.8 Å². The molecule has 0 radical (unpaired) electrons. The molecule has 2 aromatic heterocycles. The number of hydrazine groups is 1. The Balaban J connectivity index is 1.86. The van der Waals surface area contributed by atoms with Gasteiger partial charge in [0.15, 0.2) is 0 Å². The lowest BCUT2D eigenvalue weighted by Gasteiger charge is -2.15. The summed E-state index contributed by atoms with van der Waals surface area (Å²) in [6.45, 7) is 0. The van der Waals surface area contributed by atoms with Crippen molar-refractivity contribution in [1.29, 1.82) is 0 Å². The Kier molecular flexibility index (Phi) is 4.81. The second-order valence-electron chi connectivity index (χ2n) is 4.29. The van der Waals surface area contributed by atoms with E-state index in [0.29, 0.717) is 0 Å². The van der Waals surface area contributed by atoms with E-state index in [1.165, 1.54) is 5.56 Å². The van der Waals surface area contributed by atoms with Gasteiger partial charge in [-0.2, -0.15) is 0 Å². The van der Waals surface area contributed by atoms with Crippen LogP contribution < -0.4 is 11.3 Å². The lowest BCUT2D eigenvalue weighted by Crippen LogP contribution is -2.37. The summed E-state index contributed by atoms with van der Waals surface area (Å²) in [5, 5.41) is 0. The molecule has 0 saturated carbocycles. The van der Waals surface area contributed by atoms with Crippen molar-refractivity contribution in [2.24, 2.45) is 5.84 Å². The molecule has 2 aromatic rings. The SMILES string of the molecule is NNC(CCc1cccnc1)Cc1ccccn1. The van der Waals surface area contributed by atoms with Gasteiger partial charge < -0.3 is 0 Å². The van der Waals surface area contributed by atoms with Gasteiger partial charge in [-0.1, -0.05) is 12.1 Å². The second kappa shape index (κ2) is 6.83. The smallest absolute Gasteiger partial charge is 0.0419 e. The largest absolute Gasteiger partial charge is 0.271 e. The molecule has 0 amide bonds. The van der Waals surface area contributed by atoms with Crippen molar-refractivity contribution in [3.63, 3.8) is 0 Å². The normalized spacial score (nSPS) is 12.3. The molecule has 1 atom stereocenters. The Labute approximate surface area is 107 Å².